The van der Waals surface area contributed by atoms with Gasteiger partial charge in [0.15, 0.2) is 6.23 Å². The highest BCUT2D eigenvalue weighted by Crippen LogP contribution is 2.46. The number of benzene rings is 3. The van der Waals surface area contributed by atoms with Gasteiger partial charge in [0.05, 0.1) is 18.8 Å². The number of hydrogen-bond acceptors (Lipinski definition) is 5. The lowest BCUT2D eigenvalue weighted by atomic mass is 10.0. The second-order valence-corrected chi connectivity index (χ2v) is 7.94. The number of nitrogens with zero attached hydrogens (tertiary/aromatic N) is 1. The Bertz CT molecular complexity index is 1060. The van der Waals surface area contributed by atoms with E-state index in [1.54, 1.807) is 18.9 Å². The van der Waals surface area contributed by atoms with Crippen LogP contribution in [0.1, 0.15) is 29.0 Å². The highest BCUT2D eigenvalue weighted by Gasteiger charge is 2.40. The molecule has 5 rings (SSSR count). The van der Waals surface area contributed by atoms with Crippen molar-refractivity contribution in [1.82, 2.24) is 10.4 Å². The molecule has 3 aromatic rings. The van der Waals surface area contributed by atoms with Crippen LogP contribution in [-0.2, 0) is 0 Å². The van der Waals surface area contributed by atoms with Crippen molar-refractivity contribution < 1.29 is 9.47 Å². The highest BCUT2D eigenvalue weighted by atomic mass is 32.2. The number of thioether (sulfide) groups is 1. The molecule has 2 heterocycles. The Balaban J connectivity index is 1.55. The predicted octanol–water partition coefficient (Wildman–Crippen LogP) is 5.41. The fourth-order valence-electron chi connectivity index (χ4n) is 3.89. The highest BCUT2D eigenvalue weighted by molar-refractivity contribution is 7.98. The largest absolute Gasteiger partial charge is 0.497 e. The minimum absolute atomic E-state index is 0.0892. The Morgan fingerprint density at radius 2 is 1.83 bits per heavy atom. The summed E-state index contributed by atoms with van der Waals surface area (Å²) in [5, 5.41) is 2.19. The van der Waals surface area contributed by atoms with E-state index >= 15 is 0 Å². The van der Waals surface area contributed by atoms with Crippen molar-refractivity contribution in [2.45, 2.75) is 17.2 Å². The van der Waals surface area contributed by atoms with E-state index in [1.165, 1.54) is 4.90 Å². The molecule has 0 fully saturated rings. The van der Waals surface area contributed by atoms with Crippen LogP contribution in [0.4, 0.5) is 0 Å². The second kappa shape index (κ2) is 7.50. The topological polar surface area (TPSA) is 33.7 Å². The fourth-order valence-corrected chi connectivity index (χ4v) is 4.29. The van der Waals surface area contributed by atoms with Crippen LogP contribution in [0.25, 0.3) is 5.70 Å². The van der Waals surface area contributed by atoms with Crippen LogP contribution in [-0.4, -0.2) is 18.4 Å². The second-order valence-electron chi connectivity index (χ2n) is 7.06. The van der Waals surface area contributed by atoms with Gasteiger partial charge in [-0.1, -0.05) is 42.5 Å². The standard InChI is InChI=1S/C24H22N2O2S/c1-27-18-7-5-6-17(14-18)21-15-22-20-8-3-4-9-23(20)28-24(26(22)25-21)16-10-12-19(29-2)13-11-16/h3-15,22,24-25H,1-2H3/t22-,24+/m1/s1. The summed E-state index contributed by atoms with van der Waals surface area (Å²) < 4.78 is 11.8. The lowest BCUT2D eigenvalue weighted by Crippen LogP contribution is -2.43. The van der Waals surface area contributed by atoms with Crippen LogP contribution in [0.2, 0.25) is 0 Å². The van der Waals surface area contributed by atoms with Crippen molar-refractivity contribution in [2.75, 3.05) is 13.4 Å². The van der Waals surface area contributed by atoms with Gasteiger partial charge in [-0.3, -0.25) is 0 Å². The molecule has 5 heteroatoms. The molecule has 2 atom stereocenters. The fraction of sp³-hybridized carbons (Fsp3) is 0.167. The van der Waals surface area contributed by atoms with Gasteiger partial charge >= 0.3 is 0 Å². The summed E-state index contributed by atoms with van der Waals surface area (Å²) in [4.78, 5) is 1.24. The Labute approximate surface area is 175 Å². The van der Waals surface area contributed by atoms with Gasteiger partial charge in [-0.05, 0) is 42.7 Å². The van der Waals surface area contributed by atoms with E-state index in [2.05, 4.69) is 65.2 Å². The zero-order valence-corrected chi connectivity index (χ0v) is 17.1. The van der Waals surface area contributed by atoms with Crippen molar-refractivity contribution >= 4 is 17.5 Å². The number of hydrazine groups is 1. The molecule has 0 spiro atoms. The summed E-state index contributed by atoms with van der Waals surface area (Å²) in [6, 6.07) is 25.0. The summed E-state index contributed by atoms with van der Waals surface area (Å²) in [7, 11) is 1.69. The molecular formula is C24H22N2O2S. The van der Waals surface area contributed by atoms with Crippen molar-refractivity contribution in [2.24, 2.45) is 0 Å². The number of hydrogen-bond donors (Lipinski definition) is 1. The molecule has 0 amide bonds. The van der Waals surface area contributed by atoms with Gasteiger partial charge in [-0.15, -0.1) is 11.8 Å². The van der Waals surface area contributed by atoms with Crippen molar-refractivity contribution in [3.63, 3.8) is 0 Å². The molecule has 0 aromatic heterocycles. The first-order chi connectivity index (χ1) is 14.3. The Morgan fingerprint density at radius 1 is 1.00 bits per heavy atom. The minimum atomic E-state index is -0.217. The van der Waals surface area contributed by atoms with Crippen LogP contribution < -0.4 is 14.9 Å². The third-order valence-corrected chi connectivity index (χ3v) is 6.13. The van der Waals surface area contributed by atoms with Crippen LogP contribution in [0.15, 0.2) is 83.8 Å². The van der Waals surface area contributed by atoms with Gasteiger partial charge in [-0.2, -0.15) is 5.01 Å². The molecule has 2 aliphatic heterocycles. The zero-order valence-electron chi connectivity index (χ0n) is 16.3. The molecule has 0 saturated carbocycles. The van der Waals surface area contributed by atoms with E-state index in [1.807, 2.05) is 30.3 Å². The summed E-state index contributed by atoms with van der Waals surface area (Å²) in [5.74, 6) is 1.77. The smallest absolute Gasteiger partial charge is 0.195 e. The van der Waals surface area contributed by atoms with E-state index in [4.69, 9.17) is 9.47 Å². The normalized spacial score (nSPS) is 20.1. The molecule has 0 aliphatic carbocycles. The SMILES string of the molecule is COc1cccc(C2=C[C@@H]3c4ccccc4O[C@@H](c4ccc(SC)cc4)N3N2)c1. The van der Waals surface area contributed by atoms with Crippen molar-refractivity contribution in [3.8, 4) is 11.5 Å². The van der Waals surface area contributed by atoms with E-state index in [9.17, 15) is 0 Å². The molecule has 0 bridgehead atoms. The van der Waals surface area contributed by atoms with Gasteiger partial charge in [0.25, 0.3) is 0 Å². The number of para-hydroxylation sites is 1. The van der Waals surface area contributed by atoms with E-state index < -0.39 is 0 Å². The Morgan fingerprint density at radius 3 is 2.62 bits per heavy atom. The Kier molecular flexibility index (Phi) is 4.70. The number of nitrogens with one attached hydrogen (secondary N) is 1. The van der Waals surface area contributed by atoms with E-state index in [0.717, 1.165) is 33.9 Å². The molecule has 3 aromatic carbocycles. The molecule has 0 unspecified atom stereocenters. The van der Waals surface area contributed by atoms with Gasteiger partial charge in [0.1, 0.15) is 11.5 Å². The van der Waals surface area contributed by atoms with Gasteiger partial charge < -0.3 is 14.9 Å². The maximum Gasteiger partial charge on any atom is 0.195 e. The first kappa shape index (κ1) is 18.2. The van der Waals surface area contributed by atoms with Crippen LogP contribution in [0, 0.1) is 0 Å². The summed E-state index contributed by atoms with van der Waals surface area (Å²) in [6.45, 7) is 0. The van der Waals surface area contributed by atoms with Crippen LogP contribution >= 0.6 is 11.8 Å². The van der Waals surface area contributed by atoms with Crippen molar-refractivity contribution in [3.05, 3.63) is 95.6 Å². The molecule has 2 aliphatic rings. The molecule has 1 N–H and O–H groups in total. The average Bonchev–Trinajstić information content (AvgIpc) is 3.24. The van der Waals surface area contributed by atoms with E-state index in [-0.39, 0.29) is 12.3 Å². The molecule has 29 heavy (non-hydrogen) atoms. The first-order valence-corrected chi connectivity index (χ1v) is 10.8. The quantitative estimate of drug-likeness (QED) is 0.590. The molecular weight excluding hydrogens is 380 g/mol. The maximum absolute atomic E-state index is 6.43. The lowest BCUT2D eigenvalue weighted by molar-refractivity contribution is -0.0326. The maximum atomic E-state index is 6.43. The monoisotopic (exact) mass is 402 g/mol. The van der Waals surface area contributed by atoms with Crippen LogP contribution in [0.5, 0.6) is 11.5 Å². The van der Waals surface area contributed by atoms with Gasteiger partial charge in [0, 0.05) is 21.6 Å². The molecule has 4 nitrogen and oxygen atoms in total. The molecule has 0 radical (unpaired) electrons. The lowest BCUT2D eigenvalue weighted by Gasteiger charge is -2.39. The average molecular weight is 403 g/mol. The Hall–Kier alpha value is -2.89. The number of ether oxygens (including phenoxy) is 2. The number of fused-ring (bicyclic) bond motifs is 3. The minimum Gasteiger partial charge on any atom is -0.497 e. The van der Waals surface area contributed by atoms with Crippen LogP contribution in [0.3, 0.4) is 0 Å². The van der Waals surface area contributed by atoms with Crippen molar-refractivity contribution in [1.29, 1.82) is 0 Å². The number of methoxy groups -OCH3 is 1. The van der Waals surface area contributed by atoms with Gasteiger partial charge in [-0.25, -0.2) is 0 Å². The summed E-state index contributed by atoms with van der Waals surface area (Å²) in [6.07, 6.45) is 4.13. The summed E-state index contributed by atoms with van der Waals surface area (Å²) >= 11 is 1.74. The van der Waals surface area contributed by atoms with E-state index in [0.29, 0.717) is 0 Å². The van der Waals surface area contributed by atoms with Gasteiger partial charge in [0.2, 0.25) is 0 Å². The third kappa shape index (κ3) is 3.26. The first-order valence-electron chi connectivity index (χ1n) is 9.57. The predicted molar refractivity (Wildman–Crippen MR) is 117 cm³/mol. The number of rotatable bonds is 4. The molecule has 146 valence electrons. The summed E-state index contributed by atoms with van der Waals surface area (Å²) in [5.41, 5.74) is 8.02. The molecule has 0 saturated heterocycles. The zero-order chi connectivity index (χ0) is 19.8. The third-order valence-electron chi connectivity index (χ3n) is 5.38.